The normalized spacial score (nSPS) is 16.3. The molecule has 0 amide bonds. The number of ketones is 1. The maximum Gasteiger partial charge on any atom is 0.165 e. The molecular weight excluding hydrogens is 234 g/mol. The van der Waals surface area contributed by atoms with E-state index in [1.54, 1.807) is 0 Å². The Bertz CT molecular complexity index is 590. The van der Waals surface area contributed by atoms with E-state index in [0.717, 1.165) is 28.8 Å². The summed E-state index contributed by atoms with van der Waals surface area (Å²) in [6.45, 7) is 2.07. The summed E-state index contributed by atoms with van der Waals surface area (Å²) in [7, 11) is 0. The highest BCUT2D eigenvalue weighted by molar-refractivity contribution is 6.07. The fraction of sp³-hybridized carbons (Fsp3) is 0.471. The Morgan fingerprint density at radius 2 is 2.11 bits per heavy atom. The van der Waals surface area contributed by atoms with E-state index in [-0.39, 0.29) is 0 Å². The Labute approximate surface area is 114 Å². The van der Waals surface area contributed by atoms with Crippen molar-refractivity contribution in [3.8, 4) is 0 Å². The van der Waals surface area contributed by atoms with Gasteiger partial charge in [-0.3, -0.25) is 4.79 Å². The number of hydrogen-bond donors (Lipinski definition) is 1. The molecule has 1 saturated carbocycles. The largest absolute Gasteiger partial charge is 0.360 e. The average Bonchev–Trinajstić information content (AvgIpc) is 3.04. The van der Waals surface area contributed by atoms with Gasteiger partial charge in [0.2, 0.25) is 0 Å². The topological polar surface area (TPSA) is 32.9 Å². The van der Waals surface area contributed by atoms with E-state index in [0.29, 0.717) is 12.2 Å². The SMILES string of the molecule is Cc1ccc2c(C(=O)CCC3CCCC3)c[nH]c2c1. The van der Waals surface area contributed by atoms with E-state index in [9.17, 15) is 4.79 Å². The van der Waals surface area contributed by atoms with E-state index >= 15 is 0 Å². The van der Waals surface area contributed by atoms with E-state index in [4.69, 9.17) is 0 Å². The molecule has 0 spiro atoms. The lowest BCUT2D eigenvalue weighted by atomic mass is 9.97. The van der Waals surface area contributed by atoms with Crippen LogP contribution >= 0.6 is 0 Å². The van der Waals surface area contributed by atoms with Gasteiger partial charge in [0.15, 0.2) is 5.78 Å². The molecule has 0 atom stereocenters. The smallest absolute Gasteiger partial charge is 0.165 e. The van der Waals surface area contributed by atoms with Crippen molar-refractivity contribution in [1.82, 2.24) is 4.98 Å². The Kier molecular flexibility index (Phi) is 3.41. The van der Waals surface area contributed by atoms with Crippen molar-refractivity contribution < 1.29 is 4.79 Å². The van der Waals surface area contributed by atoms with Gasteiger partial charge in [-0.1, -0.05) is 37.8 Å². The minimum absolute atomic E-state index is 0.294. The van der Waals surface area contributed by atoms with Crippen LogP contribution in [-0.2, 0) is 0 Å². The van der Waals surface area contributed by atoms with Gasteiger partial charge in [-0.05, 0) is 30.9 Å². The minimum Gasteiger partial charge on any atom is -0.360 e. The second kappa shape index (κ2) is 5.20. The molecule has 1 aliphatic rings. The maximum atomic E-state index is 12.3. The van der Waals surface area contributed by atoms with Crippen LogP contribution in [0.3, 0.4) is 0 Å². The molecule has 0 bridgehead atoms. The number of rotatable bonds is 4. The van der Waals surface area contributed by atoms with Gasteiger partial charge in [0.25, 0.3) is 0 Å². The van der Waals surface area contributed by atoms with Crippen LogP contribution in [0.4, 0.5) is 0 Å². The highest BCUT2D eigenvalue weighted by Gasteiger charge is 2.18. The van der Waals surface area contributed by atoms with Gasteiger partial charge < -0.3 is 4.98 Å². The molecule has 0 radical (unpaired) electrons. The van der Waals surface area contributed by atoms with E-state index < -0.39 is 0 Å². The van der Waals surface area contributed by atoms with E-state index in [1.165, 1.54) is 31.2 Å². The van der Waals surface area contributed by atoms with Crippen molar-refractivity contribution in [1.29, 1.82) is 0 Å². The predicted octanol–water partition coefficient (Wildman–Crippen LogP) is 4.63. The number of aromatic nitrogens is 1. The minimum atomic E-state index is 0.294. The highest BCUT2D eigenvalue weighted by Crippen LogP contribution is 2.29. The number of Topliss-reactive ketones (excluding diaryl/α,β-unsaturated/α-hetero) is 1. The van der Waals surface area contributed by atoms with Crippen molar-refractivity contribution in [3.63, 3.8) is 0 Å². The summed E-state index contributed by atoms with van der Waals surface area (Å²) in [6.07, 6.45) is 8.99. The van der Waals surface area contributed by atoms with E-state index in [1.807, 2.05) is 6.20 Å². The first-order valence-electron chi connectivity index (χ1n) is 7.35. The zero-order chi connectivity index (χ0) is 13.2. The zero-order valence-electron chi connectivity index (χ0n) is 11.5. The second-order valence-electron chi connectivity index (χ2n) is 5.86. The number of carbonyl (C=O) groups excluding carboxylic acids is 1. The van der Waals surface area contributed by atoms with Crippen LogP contribution in [0.2, 0.25) is 0 Å². The molecule has 1 N–H and O–H groups in total. The highest BCUT2D eigenvalue weighted by atomic mass is 16.1. The summed E-state index contributed by atoms with van der Waals surface area (Å²) in [5.74, 6) is 1.08. The molecule has 2 nitrogen and oxygen atoms in total. The molecule has 0 unspecified atom stereocenters. The number of hydrogen-bond acceptors (Lipinski definition) is 1. The first-order valence-corrected chi connectivity index (χ1v) is 7.35. The van der Waals surface area contributed by atoms with Gasteiger partial charge >= 0.3 is 0 Å². The summed E-state index contributed by atoms with van der Waals surface area (Å²) in [5.41, 5.74) is 3.16. The number of aryl methyl sites for hydroxylation is 1. The van der Waals surface area contributed by atoms with Gasteiger partial charge in [0.05, 0.1) is 0 Å². The summed E-state index contributed by atoms with van der Waals surface area (Å²) < 4.78 is 0. The van der Waals surface area contributed by atoms with Gasteiger partial charge in [-0.25, -0.2) is 0 Å². The molecule has 1 aromatic heterocycles. The van der Waals surface area contributed by atoms with Crippen molar-refractivity contribution in [2.75, 3.05) is 0 Å². The molecule has 2 aromatic rings. The standard InChI is InChI=1S/C17H21NO/c1-12-6-8-14-15(11-18-16(14)10-12)17(19)9-7-13-4-2-3-5-13/h6,8,10-11,13,18H,2-5,7,9H2,1H3. The van der Waals surface area contributed by atoms with Crippen molar-refractivity contribution >= 4 is 16.7 Å². The lowest BCUT2D eigenvalue weighted by Gasteiger charge is -2.07. The molecular formula is C17H21NO. The average molecular weight is 255 g/mol. The Morgan fingerprint density at radius 1 is 1.32 bits per heavy atom. The third kappa shape index (κ3) is 2.58. The molecule has 2 heteroatoms. The molecule has 0 aliphatic heterocycles. The zero-order valence-corrected chi connectivity index (χ0v) is 11.5. The number of aromatic amines is 1. The summed E-state index contributed by atoms with van der Waals surface area (Å²) in [5, 5.41) is 1.07. The van der Waals surface area contributed by atoms with Crippen LogP contribution in [0.1, 0.15) is 54.4 Å². The monoisotopic (exact) mass is 255 g/mol. The van der Waals surface area contributed by atoms with Crippen LogP contribution < -0.4 is 0 Å². The van der Waals surface area contributed by atoms with Crippen molar-refractivity contribution in [3.05, 3.63) is 35.5 Å². The second-order valence-corrected chi connectivity index (χ2v) is 5.86. The van der Waals surface area contributed by atoms with Gasteiger partial charge in [-0.15, -0.1) is 0 Å². The number of fused-ring (bicyclic) bond motifs is 1. The molecule has 1 heterocycles. The van der Waals surface area contributed by atoms with E-state index in [2.05, 4.69) is 30.1 Å². The molecule has 100 valence electrons. The summed E-state index contributed by atoms with van der Waals surface area (Å²) >= 11 is 0. The maximum absolute atomic E-state index is 12.3. The first kappa shape index (κ1) is 12.5. The third-order valence-corrected chi connectivity index (χ3v) is 4.39. The Hall–Kier alpha value is -1.57. The Balaban J connectivity index is 1.74. The van der Waals surface area contributed by atoms with Gasteiger partial charge in [-0.2, -0.15) is 0 Å². The van der Waals surface area contributed by atoms with Crippen LogP contribution in [0.15, 0.2) is 24.4 Å². The fourth-order valence-electron chi connectivity index (χ4n) is 3.24. The fourth-order valence-corrected chi connectivity index (χ4v) is 3.24. The molecule has 1 aliphatic carbocycles. The van der Waals surface area contributed by atoms with Crippen LogP contribution in [0, 0.1) is 12.8 Å². The predicted molar refractivity (Wildman–Crippen MR) is 78.6 cm³/mol. The molecule has 0 saturated heterocycles. The Morgan fingerprint density at radius 3 is 2.89 bits per heavy atom. The molecule has 1 fully saturated rings. The van der Waals surface area contributed by atoms with Crippen molar-refractivity contribution in [2.45, 2.75) is 45.4 Å². The van der Waals surface area contributed by atoms with Crippen LogP contribution in [-0.4, -0.2) is 10.8 Å². The summed E-state index contributed by atoms with van der Waals surface area (Å²) in [4.78, 5) is 15.6. The van der Waals surface area contributed by atoms with Crippen LogP contribution in [0.5, 0.6) is 0 Å². The first-order chi connectivity index (χ1) is 9.24. The molecule has 19 heavy (non-hydrogen) atoms. The number of benzene rings is 1. The lowest BCUT2D eigenvalue weighted by molar-refractivity contribution is 0.0975. The van der Waals surface area contributed by atoms with Crippen molar-refractivity contribution in [2.24, 2.45) is 5.92 Å². The molecule has 3 rings (SSSR count). The number of nitrogens with one attached hydrogen (secondary N) is 1. The number of H-pyrrole nitrogens is 1. The van der Waals surface area contributed by atoms with Gasteiger partial charge in [0, 0.05) is 29.1 Å². The third-order valence-electron chi connectivity index (χ3n) is 4.39. The summed E-state index contributed by atoms with van der Waals surface area (Å²) in [6, 6.07) is 6.23. The lowest BCUT2D eigenvalue weighted by Crippen LogP contribution is -2.02. The number of carbonyl (C=O) groups is 1. The quantitative estimate of drug-likeness (QED) is 0.794. The van der Waals surface area contributed by atoms with Crippen LogP contribution in [0.25, 0.3) is 10.9 Å². The molecule has 1 aromatic carbocycles. The van der Waals surface area contributed by atoms with Gasteiger partial charge in [0.1, 0.15) is 0 Å².